The van der Waals surface area contributed by atoms with Crippen molar-refractivity contribution >= 4 is 0 Å². The zero-order chi connectivity index (χ0) is 10.4. The minimum Gasteiger partial charge on any atom is -0.309 e. The highest BCUT2D eigenvalue weighted by atomic mass is 19.1. The third-order valence-corrected chi connectivity index (χ3v) is 1.61. The van der Waals surface area contributed by atoms with Crippen LogP contribution in [0.25, 0.3) is 0 Å². The molecule has 0 unspecified atom stereocenters. The van der Waals surface area contributed by atoms with E-state index in [2.05, 4.69) is 17.2 Å². The van der Waals surface area contributed by atoms with E-state index >= 15 is 0 Å². The van der Waals surface area contributed by atoms with Gasteiger partial charge in [0, 0.05) is 0 Å². The summed E-state index contributed by atoms with van der Waals surface area (Å²) < 4.78 is 13.4. The second kappa shape index (κ2) is 5.01. The van der Waals surface area contributed by atoms with Crippen molar-refractivity contribution in [2.24, 2.45) is 0 Å². The van der Waals surface area contributed by atoms with Crippen LogP contribution in [0.4, 0.5) is 4.39 Å². The highest BCUT2D eigenvalue weighted by Crippen LogP contribution is 2.10. The Morgan fingerprint density at radius 1 is 1.43 bits per heavy atom. The number of rotatable bonds is 1. The summed E-state index contributed by atoms with van der Waals surface area (Å²) in [5.41, 5.74) is 0.292. The first kappa shape index (κ1) is 10.2. The van der Waals surface area contributed by atoms with Crippen LogP contribution >= 0.6 is 0 Å². The predicted octanol–water partition coefficient (Wildman–Crippen LogP) is 1.27. The topological polar surface area (TPSA) is 35.8 Å². The van der Waals surface area contributed by atoms with Crippen molar-refractivity contribution in [2.45, 2.75) is 0 Å². The number of nitriles is 1. The fourth-order valence-electron chi connectivity index (χ4n) is 0.943. The molecule has 0 amide bonds. The van der Waals surface area contributed by atoms with Gasteiger partial charge in [-0.05, 0) is 19.2 Å². The van der Waals surface area contributed by atoms with Gasteiger partial charge in [-0.2, -0.15) is 5.26 Å². The van der Waals surface area contributed by atoms with Gasteiger partial charge >= 0.3 is 0 Å². The average Bonchev–Trinajstić information content (AvgIpc) is 2.21. The van der Waals surface area contributed by atoms with E-state index in [1.54, 1.807) is 25.2 Å². The number of hydrogen-bond acceptors (Lipinski definition) is 2. The molecule has 14 heavy (non-hydrogen) atoms. The molecule has 0 aliphatic rings. The fourth-order valence-corrected chi connectivity index (χ4v) is 0.943. The third-order valence-electron chi connectivity index (χ3n) is 1.61. The second-order valence-electron chi connectivity index (χ2n) is 2.61. The molecule has 0 aromatic heterocycles. The van der Waals surface area contributed by atoms with Crippen molar-refractivity contribution in [1.29, 1.82) is 5.26 Å². The molecule has 0 bridgehead atoms. The van der Waals surface area contributed by atoms with Gasteiger partial charge in [0.2, 0.25) is 0 Å². The van der Waals surface area contributed by atoms with Gasteiger partial charge in [-0.15, -0.1) is 0 Å². The molecule has 0 saturated heterocycles. The monoisotopic (exact) mass is 188 g/mol. The second-order valence-corrected chi connectivity index (χ2v) is 2.61. The molecular formula is C11H9FN2. The van der Waals surface area contributed by atoms with Crippen molar-refractivity contribution < 1.29 is 4.39 Å². The molecule has 0 fully saturated rings. The molecule has 3 heteroatoms. The van der Waals surface area contributed by atoms with E-state index in [0.717, 1.165) is 0 Å². The molecule has 1 aromatic rings. The lowest BCUT2D eigenvalue weighted by atomic mass is 10.1. The maximum atomic E-state index is 13.4. The Kier molecular flexibility index (Phi) is 3.67. The Bertz CT molecular complexity index is 421. The number of benzene rings is 1. The zero-order valence-electron chi connectivity index (χ0n) is 7.76. The lowest BCUT2D eigenvalue weighted by Crippen LogP contribution is -2.04. The highest BCUT2D eigenvalue weighted by molar-refractivity contribution is 5.43. The van der Waals surface area contributed by atoms with Crippen LogP contribution in [0, 0.1) is 29.0 Å². The van der Waals surface area contributed by atoms with Crippen molar-refractivity contribution in [2.75, 3.05) is 13.6 Å². The molecule has 1 aromatic carbocycles. The van der Waals surface area contributed by atoms with E-state index in [9.17, 15) is 4.39 Å². The van der Waals surface area contributed by atoms with Crippen LogP contribution in [-0.2, 0) is 0 Å². The summed E-state index contributed by atoms with van der Waals surface area (Å²) in [5.74, 6) is 4.84. The minimum absolute atomic E-state index is 0.0289. The molecule has 0 saturated carbocycles. The van der Waals surface area contributed by atoms with Crippen LogP contribution in [-0.4, -0.2) is 13.6 Å². The smallest absolute Gasteiger partial charge is 0.156 e. The van der Waals surface area contributed by atoms with Gasteiger partial charge in [0.25, 0.3) is 0 Å². The first-order valence-electron chi connectivity index (χ1n) is 4.11. The van der Waals surface area contributed by atoms with E-state index < -0.39 is 5.82 Å². The average molecular weight is 188 g/mol. The van der Waals surface area contributed by atoms with E-state index in [4.69, 9.17) is 5.26 Å². The van der Waals surface area contributed by atoms with Crippen molar-refractivity contribution in [3.8, 4) is 17.9 Å². The maximum absolute atomic E-state index is 13.4. The predicted molar refractivity (Wildman–Crippen MR) is 51.9 cm³/mol. The van der Waals surface area contributed by atoms with Gasteiger partial charge in [-0.3, -0.25) is 0 Å². The van der Waals surface area contributed by atoms with Gasteiger partial charge in [-0.1, -0.05) is 17.9 Å². The summed E-state index contributed by atoms with van der Waals surface area (Å²) in [6.07, 6.45) is 0. The normalized spacial score (nSPS) is 8.64. The standard InChI is InChI=1S/C11H9FN2/c1-14-7-3-6-9-4-2-5-10(8-13)11(9)12/h2,4-5,14H,7H2,1H3. The van der Waals surface area contributed by atoms with Crippen LogP contribution < -0.4 is 5.32 Å². The van der Waals surface area contributed by atoms with Gasteiger partial charge < -0.3 is 5.32 Å². The number of halogens is 1. The number of nitrogens with zero attached hydrogens (tertiary/aromatic N) is 1. The lowest BCUT2D eigenvalue weighted by Gasteiger charge is -1.95. The fraction of sp³-hybridized carbons (Fsp3) is 0.182. The summed E-state index contributed by atoms with van der Waals surface area (Å²) in [6, 6.07) is 6.37. The maximum Gasteiger partial charge on any atom is 0.156 e. The molecule has 1 rings (SSSR count). The van der Waals surface area contributed by atoms with Crippen molar-refractivity contribution in [3.05, 3.63) is 35.1 Å². The van der Waals surface area contributed by atoms with Crippen LogP contribution in [0.15, 0.2) is 18.2 Å². The summed E-state index contributed by atoms with van der Waals surface area (Å²) in [6.45, 7) is 0.496. The van der Waals surface area contributed by atoms with Crippen molar-refractivity contribution in [1.82, 2.24) is 5.32 Å². The summed E-state index contributed by atoms with van der Waals surface area (Å²) in [5, 5.41) is 11.4. The zero-order valence-corrected chi connectivity index (χ0v) is 7.76. The molecular weight excluding hydrogens is 179 g/mol. The van der Waals surface area contributed by atoms with Crippen LogP contribution in [0.1, 0.15) is 11.1 Å². The molecule has 0 aliphatic heterocycles. The Morgan fingerprint density at radius 3 is 2.79 bits per heavy atom. The molecule has 0 heterocycles. The Hall–Kier alpha value is -1.84. The first-order chi connectivity index (χ1) is 6.79. The molecule has 0 spiro atoms. The van der Waals surface area contributed by atoms with E-state index in [0.29, 0.717) is 6.54 Å². The SMILES string of the molecule is CNCC#Cc1cccc(C#N)c1F. The lowest BCUT2D eigenvalue weighted by molar-refractivity contribution is 0.620. The molecule has 1 N–H and O–H groups in total. The molecule has 70 valence electrons. The molecule has 2 nitrogen and oxygen atoms in total. The third kappa shape index (κ3) is 2.32. The molecule has 0 atom stereocenters. The summed E-state index contributed by atoms with van der Waals surface area (Å²) in [7, 11) is 1.76. The summed E-state index contributed by atoms with van der Waals surface area (Å²) >= 11 is 0. The van der Waals surface area contributed by atoms with Gasteiger partial charge in [0.1, 0.15) is 6.07 Å². The first-order valence-corrected chi connectivity index (χ1v) is 4.11. The largest absolute Gasteiger partial charge is 0.309 e. The van der Waals surface area contributed by atoms with E-state index in [-0.39, 0.29) is 11.1 Å². The van der Waals surface area contributed by atoms with E-state index in [1.165, 1.54) is 6.07 Å². The van der Waals surface area contributed by atoms with Gasteiger partial charge in [0.05, 0.1) is 17.7 Å². The highest BCUT2D eigenvalue weighted by Gasteiger charge is 2.03. The van der Waals surface area contributed by atoms with E-state index in [1.807, 2.05) is 0 Å². The van der Waals surface area contributed by atoms with Crippen LogP contribution in [0.5, 0.6) is 0 Å². The quantitative estimate of drug-likeness (QED) is 0.673. The summed E-state index contributed by atoms with van der Waals surface area (Å²) in [4.78, 5) is 0. The molecule has 0 radical (unpaired) electrons. The van der Waals surface area contributed by atoms with Crippen LogP contribution in [0.2, 0.25) is 0 Å². The Balaban J connectivity index is 3.01. The number of hydrogen-bond donors (Lipinski definition) is 1. The minimum atomic E-state index is -0.543. The van der Waals surface area contributed by atoms with Crippen molar-refractivity contribution in [3.63, 3.8) is 0 Å². The molecule has 0 aliphatic carbocycles. The van der Waals surface area contributed by atoms with Gasteiger partial charge in [0.15, 0.2) is 5.82 Å². The number of nitrogens with one attached hydrogen (secondary N) is 1. The van der Waals surface area contributed by atoms with Gasteiger partial charge in [-0.25, -0.2) is 4.39 Å². The Labute approximate surface area is 82.4 Å². The van der Waals surface area contributed by atoms with Crippen LogP contribution in [0.3, 0.4) is 0 Å². The Morgan fingerprint density at radius 2 is 2.14 bits per heavy atom.